The molecule has 1 aliphatic heterocycles. The number of ether oxygens (including phenoxy) is 1. The van der Waals surface area contributed by atoms with E-state index in [1.54, 1.807) is 24.5 Å². The third-order valence-electron chi connectivity index (χ3n) is 5.00. The monoisotopic (exact) mass is 340 g/mol. The highest BCUT2D eigenvalue weighted by Crippen LogP contribution is 2.31. The standard InChI is InChI=1S/C19H24N4O2/c1-2-23-10-17-16(13-25-12-14-3-4-14)9-22(11-18(17)21-23)19(24)15-5-7-20-8-6-15/h5-8,10,14,16H,2-4,9,11-13H2,1H3/t16-/m1/s1. The van der Waals surface area contributed by atoms with Gasteiger partial charge in [-0.3, -0.25) is 14.5 Å². The van der Waals surface area contributed by atoms with Gasteiger partial charge in [0.1, 0.15) is 0 Å². The van der Waals surface area contributed by atoms with Gasteiger partial charge in [0.2, 0.25) is 0 Å². The van der Waals surface area contributed by atoms with Crippen LogP contribution in [0.25, 0.3) is 0 Å². The van der Waals surface area contributed by atoms with Gasteiger partial charge in [-0.05, 0) is 37.8 Å². The lowest BCUT2D eigenvalue weighted by molar-refractivity contribution is 0.0626. The zero-order valence-corrected chi connectivity index (χ0v) is 14.6. The molecule has 6 nitrogen and oxygen atoms in total. The molecule has 132 valence electrons. The number of amides is 1. The number of pyridine rings is 1. The van der Waals surface area contributed by atoms with Crippen LogP contribution in [0.4, 0.5) is 0 Å². The van der Waals surface area contributed by atoms with Gasteiger partial charge in [0, 0.05) is 55.3 Å². The number of nitrogens with zero attached hydrogens (tertiary/aromatic N) is 4. The van der Waals surface area contributed by atoms with E-state index in [2.05, 4.69) is 23.2 Å². The van der Waals surface area contributed by atoms with E-state index in [4.69, 9.17) is 4.74 Å². The highest BCUT2D eigenvalue weighted by atomic mass is 16.5. The van der Waals surface area contributed by atoms with E-state index in [0.29, 0.717) is 25.3 Å². The van der Waals surface area contributed by atoms with Gasteiger partial charge >= 0.3 is 0 Å². The molecule has 2 aromatic rings. The fourth-order valence-corrected chi connectivity index (χ4v) is 3.35. The van der Waals surface area contributed by atoms with Gasteiger partial charge in [-0.2, -0.15) is 5.10 Å². The van der Waals surface area contributed by atoms with E-state index in [1.165, 1.54) is 18.4 Å². The summed E-state index contributed by atoms with van der Waals surface area (Å²) in [5, 5.41) is 4.66. The van der Waals surface area contributed by atoms with Crippen molar-refractivity contribution in [1.29, 1.82) is 0 Å². The number of carbonyl (C=O) groups is 1. The maximum absolute atomic E-state index is 12.8. The molecule has 6 heteroatoms. The molecule has 0 aromatic carbocycles. The van der Waals surface area contributed by atoms with E-state index in [-0.39, 0.29) is 11.8 Å². The Morgan fingerprint density at radius 2 is 2.08 bits per heavy atom. The van der Waals surface area contributed by atoms with E-state index in [1.807, 2.05) is 9.58 Å². The molecule has 2 aromatic heterocycles. The summed E-state index contributed by atoms with van der Waals surface area (Å²) in [6.45, 7) is 5.64. The van der Waals surface area contributed by atoms with Gasteiger partial charge in [0.25, 0.3) is 5.91 Å². The first-order valence-electron chi connectivity index (χ1n) is 9.08. The van der Waals surface area contributed by atoms with Crippen LogP contribution in [0.1, 0.15) is 47.3 Å². The summed E-state index contributed by atoms with van der Waals surface area (Å²) in [7, 11) is 0. The number of hydrogen-bond donors (Lipinski definition) is 0. The number of carbonyl (C=O) groups excluding carboxylic acids is 1. The van der Waals surface area contributed by atoms with E-state index < -0.39 is 0 Å². The van der Waals surface area contributed by atoms with Crippen LogP contribution in [0.2, 0.25) is 0 Å². The molecule has 3 heterocycles. The van der Waals surface area contributed by atoms with E-state index in [0.717, 1.165) is 24.8 Å². The summed E-state index contributed by atoms with van der Waals surface area (Å²) in [5.41, 5.74) is 2.90. The number of aromatic nitrogens is 3. The Bertz CT molecular complexity index is 739. The van der Waals surface area contributed by atoms with Gasteiger partial charge in [0.15, 0.2) is 0 Å². The smallest absolute Gasteiger partial charge is 0.254 e. The summed E-state index contributed by atoms with van der Waals surface area (Å²) < 4.78 is 7.90. The summed E-state index contributed by atoms with van der Waals surface area (Å²) >= 11 is 0. The molecule has 1 aliphatic carbocycles. The molecule has 2 aliphatic rings. The van der Waals surface area contributed by atoms with Gasteiger partial charge in [0.05, 0.1) is 18.8 Å². The fraction of sp³-hybridized carbons (Fsp3) is 0.526. The number of rotatable bonds is 6. The SMILES string of the molecule is CCn1cc2c(n1)CN(C(=O)c1ccncc1)C[C@@H]2COCC1CC1. The summed E-state index contributed by atoms with van der Waals surface area (Å²) in [4.78, 5) is 18.7. The van der Waals surface area contributed by atoms with Gasteiger partial charge in [-0.15, -0.1) is 0 Å². The van der Waals surface area contributed by atoms with Crippen molar-refractivity contribution in [1.82, 2.24) is 19.7 Å². The maximum atomic E-state index is 12.8. The second kappa shape index (κ2) is 6.96. The average Bonchev–Trinajstić information content (AvgIpc) is 3.37. The van der Waals surface area contributed by atoms with Crippen molar-refractivity contribution in [2.45, 2.75) is 38.8 Å². The van der Waals surface area contributed by atoms with Gasteiger partial charge in [-0.25, -0.2) is 0 Å². The average molecular weight is 340 g/mol. The molecule has 1 saturated carbocycles. The molecule has 4 rings (SSSR count). The Hall–Kier alpha value is -2.21. The molecule has 0 saturated heterocycles. The third-order valence-corrected chi connectivity index (χ3v) is 5.00. The quantitative estimate of drug-likeness (QED) is 0.810. The minimum atomic E-state index is 0.0336. The predicted octanol–water partition coefficient (Wildman–Crippen LogP) is 2.46. The van der Waals surface area contributed by atoms with Crippen LogP contribution in [0, 0.1) is 5.92 Å². The Balaban J connectivity index is 1.52. The summed E-state index contributed by atoms with van der Waals surface area (Å²) in [5.74, 6) is 0.968. The highest BCUT2D eigenvalue weighted by molar-refractivity contribution is 5.94. The zero-order chi connectivity index (χ0) is 17.2. The molecule has 0 N–H and O–H groups in total. The van der Waals surface area contributed by atoms with E-state index in [9.17, 15) is 4.79 Å². The zero-order valence-electron chi connectivity index (χ0n) is 14.6. The number of aryl methyl sites for hydroxylation is 1. The van der Waals surface area contributed by atoms with Gasteiger partial charge in [-0.1, -0.05) is 0 Å². The van der Waals surface area contributed by atoms with Gasteiger partial charge < -0.3 is 9.64 Å². The molecule has 0 unspecified atom stereocenters. The second-order valence-electron chi connectivity index (χ2n) is 6.99. The fourth-order valence-electron chi connectivity index (χ4n) is 3.35. The van der Waals surface area contributed by atoms with Crippen LogP contribution < -0.4 is 0 Å². The molecule has 0 bridgehead atoms. The van der Waals surface area contributed by atoms with Crippen LogP contribution in [0.3, 0.4) is 0 Å². The topological polar surface area (TPSA) is 60.2 Å². The van der Waals surface area contributed by atoms with Crippen LogP contribution in [-0.2, 0) is 17.8 Å². The molecule has 1 atom stereocenters. The van der Waals surface area contributed by atoms with Crippen molar-refractivity contribution in [2.75, 3.05) is 19.8 Å². The third kappa shape index (κ3) is 3.58. The van der Waals surface area contributed by atoms with Crippen molar-refractivity contribution in [2.24, 2.45) is 5.92 Å². The van der Waals surface area contributed by atoms with E-state index >= 15 is 0 Å². The van der Waals surface area contributed by atoms with Crippen LogP contribution >= 0.6 is 0 Å². The van der Waals surface area contributed by atoms with Crippen molar-refractivity contribution in [3.05, 3.63) is 47.5 Å². The van der Waals surface area contributed by atoms with Crippen LogP contribution in [0.15, 0.2) is 30.7 Å². The largest absolute Gasteiger partial charge is 0.380 e. The van der Waals surface area contributed by atoms with Crippen molar-refractivity contribution in [3.8, 4) is 0 Å². The highest BCUT2D eigenvalue weighted by Gasteiger charge is 2.32. The lowest BCUT2D eigenvalue weighted by Gasteiger charge is -2.32. The normalized spacial score (nSPS) is 19.7. The summed E-state index contributed by atoms with van der Waals surface area (Å²) in [6, 6.07) is 3.53. The maximum Gasteiger partial charge on any atom is 0.254 e. The lowest BCUT2D eigenvalue weighted by atomic mass is 9.95. The Labute approximate surface area is 147 Å². The first kappa shape index (κ1) is 16.3. The lowest BCUT2D eigenvalue weighted by Crippen LogP contribution is -2.39. The predicted molar refractivity (Wildman–Crippen MR) is 93.2 cm³/mol. The van der Waals surface area contributed by atoms with Crippen LogP contribution in [-0.4, -0.2) is 45.3 Å². The minimum absolute atomic E-state index is 0.0336. The molecular formula is C19H24N4O2. The molecule has 25 heavy (non-hydrogen) atoms. The Morgan fingerprint density at radius 1 is 1.28 bits per heavy atom. The first-order chi connectivity index (χ1) is 12.2. The van der Waals surface area contributed by atoms with Crippen LogP contribution in [0.5, 0.6) is 0 Å². The number of hydrogen-bond acceptors (Lipinski definition) is 4. The summed E-state index contributed by atoms with van der Waals surface area (Å²) in [6.07, 6.45) is 8.01. The second-order valence-corrected chi connectivity index (χ2v) is 6.99. The molecule has 1 fully saturated rings. The molecule has 0 spiro atoms. The van der Waals surface area contributed by atoms with Crippen molar-refractivity contribution in [3.63, 3.8) is 0 Å². The van der Waals surface area contributed by atoms with Crippen molar-refractivity contribution < 1.29 is 9.53 Å². The Morgan fingerprint density at radius 3 is 2.80 bits per heavy atom. The Kier molecular flexibility index (Phi) is 4.53. The molecular weight excluding hydrogens is 316 g/mol. The number of fused-ring (bicyclic) bond motifs is 1. The molecule has 1 amide bonds. The van der Waals surface area contributed by atoms with Crippen molar-refractivity contribution >= 4 is 5.91 Å². The minimum Gasteiger partial charge on any atom is -0.380 e. The first-order valence-corrected chi connectivity index (χ1v) is 9.08. The molecule has 0 radical (unpaired) electrons.